The summed E-state index contributed by atoms with van der Waals surface area (Å²) >= 11 is 14.6. The quantitative estimate of drug-likeness (QED) is 0.293. The highest BCUT2D eigenvalue weighted by atomic mass is 35.5. The Hall–Kier alpha value is -2.92. The molecule has 2 aromatic carbocycles. The molecule has 0 aromatic heterocycles. The third kappa shape index (κ3) is 8.62. The minimum atomic E-state index is -0.385. The summed E-state index contributed by atoms with van der Waals surface area (Å²) in [6.07, 6.45) is 15.1. The lowest BCUT2D eigenvalue weighted by atomic mass is 9.98. The number of benzene rings is 2. The molecule has 12 heteroatoms. The van der Waals surface area contributed by atoms with Crippen LogP contribution in [0.2, 0.25) is 10.0 Å². The van der Waals surface area contributed by atoms with Crippen molar-refractivity contribution < 1.29 is 28.7 Å². The van der Waals surface area contributed by atoms with Crippen LogP contribution in [0.25, 0.3) is 12.2 Å². The van der Waals surface area contributed by atoms with E-state index in [-0.39, 0.29) is 34.5 Å². The fraction of sp³-hybridized carbons (Fsp3) is 0.375. The number of rotatable bonds is 6. The maximum absolute atomic E-state index is 11.6. The first-order valence-electron chi connectivity index (χ1n) is 14.7. The predicted octanol–water partition coefficient (Wildman–Crippen LogP) is 8.75. The minimum Gasteiger partial charge on any atom is -0.489 e. The molecule has 0 atom stereocenters. The van der Waals surface area contributed by atoms with E-state index in [0.29, 0.717) is 42.5 Å². The highest BCUT2D eigenvalue weighted by molar-refractivity contribution is 8.18. The van der Waals surface area contributed by atoms with Crippen LogP contribution < -0.4 is 20.1 Å². The summed E-state index contributed by atoms with van der Waals surface area (Å²) in [7, 11) is 0. The first-order valence-corrected chi connectivity index (χ1v) is 17.1. The van der Waals surface area contributed by atoms with Gasteiger partial charge in [-0.1, -0.05) is 60.3 Å². The second-order valence-electron chi connectivity index (χ2n) is 10.8. The van der Waals surface area contributed by atoms with Gasteiger partial charge in [0.2, 0.25) is 0 Å². The Morgan fingerprint density at radius 1 is 0.614 bits per heavy atom. The molecule has 0 spiro atoms. The molecule has 0 radical (unpaired) electrons. The zero-order valence-electron chi connectivity index (χ0n) is 23.9. The van der Waals surface area contributed by atoms with E-state index in [1.807, 2.05) is 24.3 Å². The van der Waals surface area contributed by atoms with Crippen molar-refractivity contribution in [1.82, 2.24) is 10.6 Å². The third-order valence-corrected chi connectivity index (χ3v) is 9.97. The van der Waals surface area contributed by atoms with E-state index in [4.69, 9.17) is 32.7 Å². The summed E-state index contributed by atoms with van der Waals surface area (Å²) in [5, 5.41) is 4.70. The smallest absolute Gasteiger partial charge is 0.290 e. The Morgan fingerprint density at radius 2 is 1.00 bits per heavy atom. The molecule has 8 nitrogen and oxygen atoms in total. The van der Waals surface area contributed by atoms with Crippen LogP contribution in [-0.4, -0.2) is 34.5 Å². The molecule has 4 amide bonds. The summed E-state index contributed by atoms with van der Waals surface area (Å²) in [5.74, 6) is 0.504. The van der Waals surface area contributed by atoms with Crippen LogP contribution in [0, 0.1) is 0 Å². The van der Waals surface area contributed by atoms with Gasteiger partial charge >= 0.3 is 0 Å². The molecule has 4 fully saturated rings. The van der Waals surface area contributed by atoms with Crippen LogP contribution in [0.1, 0.15) is 75.3 Å². The van der Waals surface area contributed by atoms with Gasteiger partial charge in [0.05, 0.1) is 32.1 Å². The number of hydrogen-bond acceptors (Lipinski definition) is 8. The molecule has 0 bridgehead atoms. The standard InChI is InChI=1S/2C16H16ClNO3S/c2*17-14-10(9-13-15(19)18-16(20)22-13)5-4-8-12(14)21-11-6-2-1-3-7-11/h2*4-5,8-9,11H,1-3,6-7H2,(H,18,19,20). The van der Waals surface area contributed by atoms with Gasteiger partial charge in [0.15, 0.2) is 0 Å². The lowest BCUT2D eigenvalue weighted by molar-refractivity contribution is -0.116. The lowest BCUT2D eigenvalue weighted by Crippen LogP contribution is -2.19. The van der Waals surface area contributed by atoms with Crippen LogP contribution in [0.4, 0.5) is 9.59 Å². The Labute approximate surface area is 274 Å². The van der Waals surface area contributed by atoms with Crippen molar-refractivity contribution >= 4 is 81.2 Å². The normalized spacial score (nSPS) is 21.2. The summed E-state index contributed by atoms with van der Waals surface area (Å²) in [4.78, 5) is 46.3. The molecule has 44 heavy (non-hydrogen) atoms. The number of halogens is 2. The molecule has 2 aliphatic carbocycles. The lowest BCUT2D eigenvalue weighted by Gasteiger charge is -2.23. The first kappa shape index (κ1) is 32.5. The van der Waals surface area contributed by atoms with E-state index >= 15 is 0 Å². The van der Waals surface area contributed by atoms with Gasteiger partial charge in [-0.15, -0.1) is 0 Å². The SMILES string of the molecule is O=C1NC(=O)C(=Cc2cccc(OC3CCCCC3)c2Cl)S1.O=C1NC(=O)C(=Cc2cccc(OC3CCCCC3)c2Cl)S1. The highest BCUT2D eigenvalue weighted by Crippen LogP contribution is 2.36. The molecular weight excluding hydrogens is 643 g/mol. The number of carbonyl (C=O) groups excluding carboxylic acids is 4. The van der Waals surface area contributed by atoms with Crippen molar-refractivity contribution in [2.75, 3.05) is 0 Å². The fourth-order valence-corrected chi connectivity index (χ4v) is 7.11. The topological polar surface area (TPSA) is 111 Å². The number of nitrogens with one attached hydrogen (secondary N) is 2. The summed E-state index contributed by atoms with van der Waals surface area (Å²) in [5.41, 5.74) is 1.37. The minimum absolute atomic E-state index is 0.208. The maximum Gasteiger partial charge on any atom is 0.290 e. The van der Waals surface area contributed by atoms with Gasteiger partial charge in [0.1, 0.15) is 11.5 Å². The number of carbonyl (C=O) groups is 4. The van der Waals surface area contributed by atoms with Crippen molar-refractivity contribution in [2.45, 2.75) is 76.4 Å². The van der Waals surface area contributed by atoms with E-state index in [1.54, 1.807) is 24.3 Å². The van der Waals surface area contributed by atoms with Gasteiger partial charge in [-0.25, -0.2) is 0 Å². The molecule has 0 unspecified atom stereocenters. The molecule has 2 saturated heterocycles. The molecular formula is C32H32Cl2N2O6S2. The second-order valence-corrected chi connectivity index (χ2v) is 13.6. The molecule has 2 N–H and O–H groups in total. The first-order chi connectivity index (χ1) is 21.3. The van der Waals surface area contributed by atoms with Crippen LogP contribution in [0.3, 0.4) is 0 Å². The highest BCUT2D eigenvalue weighted by Gasteiger charge is 2.27. The van der Waals surface area contributed by atoms with Gasteiger partial charge in [-0.05, 0) is 110 Å². The van der Waals surface area contributed by atoms with E-state index in [9.17, 15) is 19.2 Å². The Balaban J connectivity index is 0.000000175. The van der Waals surface area contributed by atoms with E-state index < -0.39 is 0 Å². The van der Waals surface area contributed by atoms with Crippen molar-refractivity contribution in [2.24, 2.45) is 0 Å². The third-order valence-electron chi connectivity index (χ3n) is 7.54. The predicted molar refractivity (Wildman–Crippen MR) is 176 cm³/mol. The van der Waals surface area contributed by atoms with Crippen molar-refractivity contribution in [3.63, 3.8) is 0 Å². The molecule has 2 heterocycles. The maximum atomic E-state index is 11.6. The Bertz CT molecular complexity index is 1390. The fourth-order valence-electron chi connectivity index (χ4n) is 5.31. The second kappa shape index (κ2) is 15.4. The number of hydrogen-bond donors (Lipinski definition) is 2. The Kier molecular flexibility index (Phi) is 11.4. The molecule has 2 aromatic rings. The largest absolute Gasteiger partial charge is 0.489 e. The van der Waals surface area contributed by atoms with Gasteiger partial charge in [0.25, 0.3) is 22.3 Å². The van der Waals surface area contributed by atoms with Crippen LogP contribution >= 0.6 is 46.7 Å². The zero-order chi connectivity index (χ0) is 31.1. The molecule has 6 rings (SSSR count). The number of thioether (sulfide) groups is 2. The number of ether oxygens (including phenoxy) is 2. The molecule has 2 aliphatic heterocycles. The van der Waals surface area contributed by atoms with E-state index in [0.717, 1.165) is 49.2 Å². The van der Waals surface area contributed by atoms with E-state index in [2.05, 4.69) is 10.6 Å². The van der Waals surface area contributed by atoms with Crippen molar-refractivity contribution in [3.05, 3.63) is 67.4 Å². The number of imide groups is 2. The Morgan fingerprint density at radius 3 is 1.34 bits per heavy atom. The van der Waals surface area contributed by atoms with Gasteiger partial charge < -0.3 is 9.47 Å². The van der Waals surface area contributed by atoms with Crippen LogP contribution in [0.15, 0.2) is 46.2 Å². The van der Waals surface area contributed by atoms with Crippen molar-refractivity contribution in [1.29, 1.82) is 0 Å². The molecule has 2 saturated carbocycles. The van der Waals surface area contributed by atoms with Gasteiger partial charge in [0, 0.05) is 0 Å². The van der Waals surface area contributed by atoms with E-state index in [1.165, 1.54) is 38.5 Å². The average molecular weight is 676 g/mol. The van der Waals surface area contributed by atoms with Crippen LogP contribution in [-0.2, 0) is 9.59 Å². The monoisotopic (exact) mass is 674 g/mol. The number of amides is 4. The van der Waals surface area contributed by atoms with Gasteiger partial charge in [-0.2, -0.15) is 0 Å². The molecule has 4 aliphatic rings. The average Bonchev–Trinajstić information content (AvgIpc) is 3.51. The van der Waals surface area contributed by atoms with Crippen molar-refractivity contribution in [3.8, 4) is 11.5 Å². The van der Waals surface area contributed by atoms with Crippen LogP contribution in [0.5, 0.6) is 11.5 Å². The zero-order valence-corrected chi connectivity index (χ0v) is 27.0. The molecule has 232 valence electrons. The van der Waals surface area contributed by atoms with Gasteiger partial charge in [-0.3, -0.25) is 29.8 Å². The summed E-state index contributed by atoms with van der Waals surface area (Å²) < 4.78 is 12.0. The summed E-state index contributed by atoms with van der Waals surface area (Å²) in [6, 6.07) is 11.0. The summed E-state index contributed by atoms with van der Waals surface area (Å²) in [6.45, 7) is 0.